The molecule has 0 radical (unpaired) electrons. The Morgan fingerprint density at radius 1 is 1.20 bits per heavy atom. The van der Waals surface area contributed by atoms with Gasteiger partial charge >= 0.3 is 0 Å². The lowest BCUT2D eigenvalue weighted by Gasteiger charge is -2.06. The fraction of sp³-hybridized carbons (Fsp3) is 0.267. The fourth-order valence-electron chi connectivity index (χ4n) is 1.81. The van der Waals surface area contributed by atoms with E-state index in [9.17, 15) is 0 Å². The number of hydrazone groups is 1. The average Bonchev–Trinajstić information content (AvgIpc) is 2.40. The number of aryl methyl sites for hydroxylation is 2. The lowest BCUT2D eigenvalue weighted by atomic mass is 10.2. The minimum Gasteiger partial charge on any atom is -0.493 e. The summed E-state index contributed by atoms with van der Waals surface area (Å²) in [5, 5.41) is 4.16. The van der Waals surface area contributed by atoms with Gasteiger partial charge in [0.2, 0.25) is 5.95 Å². The van der Waals surface area contributed by atoms with E-state index in [1.54, 1.807) is 6.21 Å². The number of ether oxygens (including phenoxy) is 1. The number of hydrogen-bond acceptors (Lipinski definition) is 5. The maximum absolute atomic E-state index is 5.53. The van der Waals surface area contributed by atoms with Crippen LogP contribution >= 0.6 is 0 Å². The van der Waals surface area contributed by atoms with Gasteiger partial charge in [-0.3, -0.25) is 0 Å². The molecule has 1 aromatic heterocycles. The molecule has 1 aromatic carbocycles. The number of nitrogens with zero attached hydrogens (tertiary/aromatic N) is 3. The van der Waals surface area contributed by atoms with E-state index in [0.29, 0.717) is 12.6 Å². The van der Waals surface area contributed by atoms with E-state index in [0.717, 1.165) is 22.7 Å². The van der Waals surface area contributed by atoms with E-state index >= 15 is 0 Å². The van der Waals surface area contributed by atoms with Crippen molar-refractivity contribution in [2.75, 3.05) is 12.0 Å². The molecule has 0 aliphatic rings. The van der Waals surface area contributed by atoms with Gasteiger partial charge in [-0.05, 0) is 39.0 Å². The molecule has 0 fully saturated rings. The van der Waals surface area contributed by atoms with E-state index in [1.807, 2.05) is 51.1 Å². The maximum Gasteiger partial charge on any atom is 0.243 e. The molecule has 0 amide bonds. The Morgan fingerprint density at radius 2 is 1.90 bits per heavy atom. The van der Waals surface area contributed by atoms with Crippen molar-refractivity contribution < 1.29 is 4.74 Å². The third-order valence-electron chi connectivity index (χ3n) is 2.57. The first-order valence-electron chi connectivity index (χ1n) is 6.52. The number of nitrogens with one attached hydrogen (secondary N) is 1. The Bertz CT molecular complexity index is 590. The summed E-state index contributed by atoms with van der Waals surface area (Å²) in [6.45, 7) is 6.43. The van der Waals surface area contributed by atoms with Crippen LogP contribution in [0, 0.1) is 13.8 Å². The first kappa shape index (κ1) is 14.0. The van der Waals surface area contributed by atoms with E-state index in [4.69, 9.17) is 4.74 Å². The molecule has 1 heterocycles. The van der Waals surface area contributed by atoms with Crippen molar-refractivity contribution in [3.8, 4) is 5.75 Å². The Balaban J connectivity index is 2.10. The first-order chi connectivity index (χ1) is 9.69. The largest absolute Gasteiger partial charge is 0.493 e. The van der Waals surface area contributed by atoms with E-state index in [2.05, 4.69) is 20.5 Å². The molecule has 2 aromatic rings. The zero-order valence-electron chi connectivity index (χ0n) is 11.9. The van der Waals surface area contributed by atoms with E-state index in [-0.39, 0.29) is 0 Å². The molecule has 0 spiro atoms. The highest BCUT2D eigenvalue weighted by molar-refractivity contribution is 5.83. The van der Waals surface area contributed by atoms with Crippen LogP contribution in [0.1, 0.15) is 23.9 Å². The molecule has 0 unspecified atom stereocenters. The summed E-state index contributed by atoms with van der Waals surface area (Å²) in [4.78, 5) is 8.51. The third-order valence-corrected chi connectivity index (χ3v) is 2.57. The van der Waals surface area contributed by atoms with Crippen LogP contribution in [0.15, 0.2) is 35.4 Å². The molecule has 0 saturated heterocycles. The second-order valence-electron chi connectivity index (χ2n) is 4.32. The van der Waals surface area contributed by atoms with Gasteiger partial charge < -0.3 is 4.74 Å². The van der Waals surface area contributed by atoms with Crippen molar-refractivity contribution in [2.45, 2.75) is 20.8 Å². The lowest BCUT2D eigenvalue weighted by Crippen LogP contribution is -2.00. The van der Waals surface area contributed by atoms with Gasteiger partial charge in [-0.1, -0.05) is 12.1 Å². The first-order valence-corrected chi connectivity index (χ1v) is 6.52. The topological polar surface area (TPSA) is 59.4 Å². The summed E-state index contributed by atoms with van der Waals surface area (Å²) in [5.74, 6) is 1.30. The minimum absolute atomic E-state index is 0.493. The van der Waals surface area contributed by atoms with Crippen LogP contribution in [0.5, 0.6) is 5.75 Å². The Labute approximate surface area is 118 Å². The van der Waals surface area contributed by atoms with Crippen molar-refractivity contribution >= 4 is 12.2 Å². The van der Waals surface area contributed by atoms with E-state index in [1.165, 1.54) is 0 Å². The van der Waals surface area contributed by atoms with Gasteiger partial charge in [0.25, 0.3) is 0 Å². The molecular formula is C15H18N4O. The Hall–Kier alpha value is -2.43. The second-order valence-corrected chi connectivity index (χ2v) is 4.32. The molecule has 5 heteroatoms. The zero-order chi connectivity index (χ0) is 14.4. The summed E-state index contributed by atoms with van der Waals surface area (Å²) in [6, 6.07) is 9.65. The van der Waals surface area contributed by atoms with Crippen molar-refractivity contribution in [3.63, 3.8) is 0 Å². The minimum atomic E-state index is 0.493. The van der Waals surface area contributed by atoms with Gasteiger partial charge in [0.15, 0.2) is 0 Å². The predicted octanol–water partition coefficient (Wildman–Crippen LogP) is 2.94. The van der Waals surface area contributed by atoms with Crippen LogP contribution in [0.3, 0.4) is 0 Å². The quantitative estimate of drug-likeness (QED) is 0.670. The highest BCUT2D eigenvalue weighted by Crippen LogP contribution is 2.15. The van der Waals surface area contributed by atoms with Gasteiger partial charge in [-0.25, -0.2) is 15.4 Å². The van der Waals surface area contributed by atoms with Gasteiger partial charge in [0, 0.05) is 17.0 Å². The number of anilines is 1. The summed E-state index contributed by atoms with van der Waals surface area (Å²) in [7, 11) is 0. The summed E-state index contributed by atoms with van der Waals surface area (Å²) in [6.07, 6.45) is 1.70. The number of benzene rings is 1. The molecule has 0 saturated carbocycles. The van der Waals surface area contributed by atoms with E-state index < -0.39 is 0 Å². The van der Waals surface area contributed by atoms with Crippen LogP contribution in [0.25, 0.3) is 0 Å². The number of aromatic nitrogens is 2. The smallest absolute Gasteiger partial charge is 0.243 e. The number of rotatable bonds is 5. The van der Waals surface area contributed by atoms with Crippen molar-refractivity contribution in [1.82, 2.24) is 9.97 Å². The number of para-hydroxylation sites is 1. The molecule has 20 heavy (non-hydrogen) atoms. The molecule has 2 rings (SSSR count). The van der Waals surface area contributed by atoms with Crippen LogP contribution < -0.4 is 10.2 Å². The summed E-state index contributed by atoms with van der Waals surface area (Å²) >= 11 is 0. The number of hydrogen-bond donors (Lipinski definition) is 1. The van der Waals surface area contributed by atoms with Crippen LogP contribution in [-0.4, -0.2) is 22.8 Å². The van der Waals surface area contributed by atoms with Crippen molar-refractivity contribution in [3.05, 3.63) is 47.3 Å². The fourth-order valence-corrected chi connectivity index (χ4v) is 1.81. The molecule has 0 bridgehead atoms. The Morgan fingerprint density at radius 3 is 2.60 bits per heavy atom. The Kier molecular flexibility index (Phi) is 4.65. The highest BCUT2D eigenvalue weighted by Gasteiger charge is 2.00. The molecule has 104 valence electrons. The maximum atomic E-state index is 5.53. The van der Waals surface area contributed by atoms with Gasteiger partial charge in [0.05, 0.1) is 12.8 Å². The summed E-state index contributed by atoms with van der Waals surface area (Å²) < 4.78 is 5.53. The predicted molar refractivity (Wildman–Crippen MR) is 80.3 cm³/mol. The SMILES string of the molecule is CCOc1ccccc1/C=N/Nc1nc(C)cc(C)n1. The van der Waals surface area contributed by atoms with Crippen LogP contribution in [0.2, 0.25) is 0 Å². The lowest BCUT2D eigenvalue weighted by molar-refractivity contribution is 0.340. The zero-order valence-corrected chi connectivity index (χ0v) is 11.9. The van der Waals surface area contributed by atoms with Gasteiger partial charge in [-0.2, -0.15) is 5.10 Å². The third kappa shape index (κ3) is 3.78. The molecule has 0 aliphatic heterocycles. The normalized spacial score (nSPS) is 10.8. The molecule has 5 nitrogen and oxygen atoms in total. The summed E-state index contributed by atoms with van der Waals surface area (Å²) in [5.41, 5.74) is 5.56. The van der Waals surface area contributed by atoms with Crippen LogP contribution in [0.4, 0.5) is 5.95 Å². The van der Waals surface area contributed by atoms with Gasteiger partial charge in [-0.15, -0.1) is 0 Å². The van der Waals surface area contributed by atoms with Crippen molar-refractivity contribution in [2.24, 2.45) is 5.10 Å². The standard InChI is InChI=1S/C15H18N4O/c1-4-20-14-8-6-5-7-13(14)10-16-19-15-17-11(2)9-12(3)18-15/h5-10H,4H2,1-3H3,(H,17,18,19)/b16-10+. The molecule has 1 N–H and O–H groups in total. The average molecular weight is 270 g/mol. The van der Waals surface area contributed by atoms with Gasteiger partial charge in [0.1, 0.15) is 5.75 Å². The molecule has 0 aliphatic carbocycles. The highest BCUT2D eigenvalue weighted by atomic mass is 16.5. The monoisotopic (exact) mass is 270 g/mol. The molecule has 0 atom stereocenters. The second kappa shape index (κ2) is 6.65. The molecular weight excluding hydrogens is 252 g/mol. The van der Waals surface area contributed by atoms with Crippen LogP contribution in [-0.2, 0) is 0 Å². The van der Waals surface area contributed by atoms with Crippen molar-refractivity contribution in [1.29, 1.82) is 0 Å².